The Hall–Kier alpha value is -4.85. The van der Waals surface area contributed by atoms with Gasteiger partial charge in [-0.15, -0.1) is 11.8 Å². The highest BCUT2D eigenvalue weighted by Gasteiger charge is 2.40. The first kappa shape index (κ1) is 46.7. The van der Waals surface area contributed by atoms with Crippen LogP contribution in [-0.2, 0) is 42.2 Å². The molecule has 3 fully saturated rings. The van der Waals surface area contributed by atoms with Crippen LogP contribution in [-0.4, -0.2) is 114 Å². The smallest absolute Gasteiger partial charge is 0.247 e. The summed E-state index contributed by atoms with van der Waals surface area (Å²) in [5, 5.41) is -0.298. The van der Waals surface area contributed by atoms with Crippen molar-refractivity contribution < 1.29 is 9.59 Å². The number of rotatable bonds is 14. The highest BCUT2D eigenvalue weighted by atomic mass is 32.2. The number of aromatic nitrogens is 4. The molecule has 5 aromatic rings. The van der Waals surface area contributed by atoms with Gasteiger partial charge < -0.3 is 0 Å². The van der Waals surface area contributed by atoms with Gasteiger partial charge in [-0.2, -0.15) is 0 Å². The van der Waals surface area contributed by atoms with Crippen molar-refractivity contribution in [2.75, 3.05) is 56.5 Å². The van der Waals surface area contributed by atoms with Crippen molar-refractivity contribution in [2.45, 2.75) is 102 Å². The van der Waals surface area contributed by atoms with E-state index >= 15 is 0 Å². The summed E-state index contributed by atoms with van der Waals surface area (Å²) in [5.41, 5.74) is 6.07. The lowest BCUT2D eigenvalue weighted by Gasteiger charge is -2.39. The lowest BCUT2D eigenvalue weighted by atomic mass is 9.99. The van der Waals surface area contributed by atoms with Gasteiger partial charge in [0.15, 0.2) is 0 Å². The Bertz CT molecular complexity index is 2160. The maximum Gasteiger partial charge on any atom is 0.247 e. The molecule has 342 valence electrons. The summed E-state index contributed by atoms with van der Waals surface area (Å²) in [5.74, 6) is 1.45. The predicted molar refractivity (Wildman–Crippen MR) is 261 cm³/mol. The van der Waals surface area contributed by atoms with E-state index in [0.717, 1.165) is 100 Å². The Kier molecular flexibility index (Phi) is 17.7. The second-order valence-corrected chi connectivity index (χ2v) is 19.5. The Balaban J connectivity index is 1.04. The maximum atomic E-state index is 13.9. The quantitative estimate of drug-likeness (QED) is 0.101. The third-order valence-corrected chi connectivity index (χ3v) is 14.8. The van der Waals surface area contributed by atoms with Gasteiger partial charge in [0, 0.05) is 109 Å². The lowest BCUT2D eigenvalue weighted by molar-refractivity contribution is -0.121. The number of amides is 2. The number of carbonyl (C=O) groups is 2. The topological polar surface area (TPSA) is 102 Å². The molecule has 65 heavy (non-hydrogen) atoms. The van der Waals surface area contributed by atoms with Gasteiger partial charge in [-0.3, -0.25) is 49.1 Å². The molecule has 3 aliphatic rings. The van der Waals surface area contributed by atoms with Crippen molar-refractivity contribution in [1.82, 2.24) is 39.5 Å². The second kappa shape index (κ2) is 24.6. The van der Waals surface area contributed by atoms with Gasteiger partial charge in [0.2, 0.25) is 11.8 Å². The molecule has 2 amide bonds. The molecule has 2 unspecified atom stereocenters. The lowest BCUT2D eigenvalue weighted by Crippen LogP contribution is -2.50. The van der Waals surface area contributed by atoms with Crippen LogP contribution in [0.4, 0.5) is 5.69 Å². The van der Waals surface area contributed by atoms with Gasteiger partial charge >= 0.3 is 0 Å². The number of pyridine rings is 4. The van der Waals surface area contributed by atoms with E-state index in [9.17, 15) is 9.59 Å². The molecule has 0 bridgehead atoms. The molecule has 11 nitrogen and oxygen atoms in total. The highest BCUT2D eigenvalue weighted by Crippen LogP contribution is 2.33. The first-order valence-corrected chi connectivity index (χ1v) is 25.2. The van der Waals surface area contributed by atoms with Crippen molar-refractivity contribution in [2.24, 2.45) is 5.92 Å². The molecule has 2 saturated heterocycles. The van der Waals surface area contributed by atoms with Crippen LogP contribution in [0, 0.1) is 5.92 Å². The molecule has 12 heteroatoms. The summed E-state index contributed by atoms with van der Waals surface area (Å²) in [6.07, 6.45) is 19.0. The monoisotopic (exact) mass is 894 g/mol. The van der Waals surface area contributed by atoms with Gasteiger partial charge in [0.25, 0.3) is 0 Å². The Morgan fingerprint density at radius 2 is 1.00 bits per heavy atom. The Labute approximate surface area is 391 Å². The molecule has 1 aliphatic carbocycles. The van der Waals surface area contributed by atoms with E-state index in [1.807, 2.05) is 61.2 Å². The standard InChI is InChI=1S/C53H67N9O2S/c63-52-36-51(65-42-44-15-5-3-1-2-4-6-16-44)53(64)62(52)49-23-21-43(22-24-49)35-50-41-60(39-47-19-9-13-27-56-47)32-31-58(37-45-17-7-11-25-54-45)29-30-59(38-46-18-8-12-26-55-46)33-34-61(50)40-48-20-10-14-28-57-48/h7-14,17-28,44,50-51H,1-6,15-16,29-42H2. The van der Waals surface area contributed by atoms with Crippen molar-refractivity contribution in [3.63, 3.8) is 0 Å². The molecule has 2 aliphatic heterocycles. The molecule has 4 aromatic heterocycles. The van der Waals surface area contributed by atoms with Crippen molar-refractivity contribution in [1.29, 1.82) is 0 Å². The Morgan fingerprint density at radius 3 is 1.52 bits per heavy atom. The minimum Gasteiger partial charge on any atom is -0.295 e. The maximum absolute atomic E-state index is 13.9. The second-order valence-electron chi connectivity index (χ2n) is 18.2. The number of anilines is 1. The summed E-state index contributed by atoms with van der Waals surface area (Å²) in [6, 6.07) is 33.1. The molecule has 2 atom stereocenters. The summed E-state index contributed by atoms with van der Waals surface area (Å²) in [6.45, 7) is 9.01. The fraction of sp³-hybridized carbons (Fsp3) is 0.472. The SMILES string of the molecule is O=C1CC(SCC2CCCCCCCC2)C(=O)N1c1ccc(CC2CN(Cc3ccccn3)CCN(Cc3ccccn3)CCN(Cc3ccccn3)CCN2Cc2ccccn2)cc1. The predicted octanol–water partition coefficient (Wildman–Crippen LogP) is 8.32. The first-order chi connectivity index (χ1) is 32.0. The largest absolute Gasteiger partial charge is 0.295 e. The fourth-order valence-electron chi connectivity index (χ4n) is 9.67. The van der Waals surface area contributed by atoms with Crippen LogP contribution in [0.15, 0.2) is 122 Å². The molecule has 8 rings (SSSR count). The average molecular weight is 894 g/mol. The van der Waals surface area contributed by atoms with E-state index < -0.39 is 0 Å². The van der Waals surface area contributed by atoms with Crippen LogP contribution in [0.25, 0.3) is 0 Å². The van der Waals surface area contributed by atoms with E-state index in [1.165, 1.54) is 61.8 Å². The van der Waals surface area contributed by atoms with Gasteiger partial charge in [-0.1, -0.05) is 74.9 Å². The summed E-state index contributed by atoms with van der Waals surface area (Å²) < 4.78 is 0. The molecule has 0 spiro atoms. The summed E-state index contributed by atoms with van der Waals surface area (Å²) >= 11 is 1.72. The average Bonchev–Trinajstić information content (AvgIpc) is 3.69. The van der Waals surface area contributed by atoms with Crippen LogP contribution in [0.3, 0.4) is 0 Å². The molecular weight excluding hydrogens is 827 g/mol. The minimum atomic E-state index is -0.298. The zero-order chi connectivity index (χ0) is 44.5. The van der Waals surface area contributed by atoms with Gasteiger partial charge in [0.05, 0.1) is 33.7 Å². The molecular formula is C53H67N9O2S. The molecule has 6 heterocycles. The van der Waals surface area contributed by atoms with Gasteiger partial charge in [-0.05, 0) is 97.2 Å². The molecule has 1 aromatic carbocycles. The van der Waals surface area contributed by atoms with Crippen molar-refractivity contribution in [3.8, 4) is 0 Å². The van der Waals surface area contributed by atoms with E-state index in [1.54, 1.807) is 11.8 Å². The third kappa shape index (κ3) is 14.3. The summed E-state index contributed by atoms with van der Waals surface area (Å²) in [7, 11) is 0. The van der Waals surface area contributed by atoms with Gasteiger partial charge in [-0.25, -0.2) is 4.90 Å². The van der Waals surface area contributed by atoms with Crippen molar-refractivity contribution >= 4 is 29.3 Å². The molecule has 0 N–H and O–H groups in total. The zero-order valence-electron chi connectivity index (χ0n) is 38.1. The number of thioether (sulfide) groups is 1. The van der Waals surface area contributed by atoms with Crippen LogP contribution in [0.2, 0.25) is 0 Å². The number of nitrogens with zero attached hydrogens (tertiary/aromatic N) is 9. The fourth-order valence-corrected chi connectivity index (χ4v) is 11.0. The van der Waals surface area contributed by atoms with Gasteiger partial charge in [0.1, 0.15) is 0 Å². The Morgan fingerprint density at radius 1 is 0.523 bits per heavy atom. The summed E-state index contributed by atoms with van der Waals surface area (Å²) in [4.78, 5) is 58.2. The van der Waals surface area contributed by atoms with Crippen LogP contribution < -0.4 is 4.90 Å². The van der Waals surface area contributed by atoms with E-state index in [-0.39, 0.29) is 29.5 Å². The van der Waals surface area contributed by atoms with E-state index in [2.05, 4.69) is 80.3 Å². The van der Waals surface area contributed by atoms with Crippen molar-refractivity contribution in [3.05, 3.63) is 150 Å². The van der Waals surface area contributed by atoms with Crippen LogP contribution in [0.5, 0.6) is 0 Å². The van der Waals surface area contributed by atoms with Crippen LogP contribution >= 0.6 is 11.8 Å². The highest BCUT2D eigenvalue weighted by molar-refractivity contribution is 8.00. The number of hydrogen-bond donors (Lipinski definition) is 0. The first-order valence-electron chi connectivity index (χ1n) is 24.1. The number of hydrogen-bond acceptors (Lipinski definition) is 11. The van der Waals surface area contributed by atoms with E-state index in [0.29, 0.717) is 18.2 Å². The molecule has 1 saturated carbocycles. The third-order valence-electron chi connectivity index (χ3n) is 13.4. The van der Waals surface area contributed by atoms with E-state index in [4.69, 9.17) is 19.9 Å². The number of benzene rings is 1. The minimum absolute atomic E-state index is 0.0609. The van der Waals surface area contributed by atoms with Crippen LogP contribution in [0.1, 0.15) is 86.1 Å². The number of carbonyl (C=O) groups excluding carboxylic acids is 2. The molecule has 0 radical (unpaired) electrons. The zero-order valence-corrected chi connectivity index (χ0v) is 38.9. The number of imide groups is 1. The normalized spacial score (nSPS) is 21.0.